The zero-order chi connectivity index (χ0) is 13.2. The second-order valence-electron chi connectivity index (χ2n) is 4.19. The fourth-order valence-corrected chi connectivity index (χ4v) is 2.95. The minimum atomic E-state index is -0.282. The summed E-state index contributed by atoms with van der Waals surface area (Å²) in [6.45, 7) is 0. The first kappa shape index (κ1) is 11.9. The third kappa shape index (κ3) is 2.13. The molecule has 0 aliphatic carbocycles. The Kier molecular flexibility index (Phi) is 3.05. The Morgan fingerprint density at radius 3 is 3.11 bits per heavy atom. The Bertz CT molecular complexity index is 730. The molecular formula is C14H12N2O2S. The Balaban J connectivity index is 2.00. The van der Waals surface area contributed by atoms with Gasteiger partial charge in [0.25, 0.3) is 0 Å². The average Bonchev–Trinajstić information content (AvgIpc) is 3.06. The molecule has 19 heavy (non-hydrogen) atoms. The number of aromatic amines is 1. The van der Waals surface area contributed by atoms with Crippen molar-refractivity contribution in [3.05, 3.63) is 52.0 Å². The van der Waals surface area contributed by atoms with Gasteiger partial charge < -0.3 is 9.72 Å². The van der Waals surface area contributed by atoms with Crippen molar-refractivity contribution in [2.45, 2.75) is 6.42 Å². The van der Waals surface area contributed by atoms with Gasteiger partial charge in [-0.2, -0.15) is 11.3 Å². The molecule has 0 aromatic carbocycles. The molecule has 0 bridgehead atoms. The molecule has 0 radical (unpaired) electrons. The lowest BCUT2D eigenvalue weighted by atomic mass is 10.0. The molecule has 3 heterocycles. The molecule has 0 spiro atoms. The smallest absolute Gasteiger partial charge is 0.338 e. The van der Waals surface area contributed by atoms with Gasteiger partial charge in [0.05, 0.1) is 12.7 Å². The van der Waals surface area contributed by atoms with E-state index < -0.39 is 0 Å². The molecular weight excluding hydrogens is 260 g/mol. The fourth-order valence-electron chi connectivity index (χ4n) is 2.13. The van der Waals surface area contributed by atoms with E-state index in [0.29, 0.717) is 12.0 Å². The van der Waals surface area contributed by atoms with E-state index in [1.807, 2.05) is 29.1 Å². The highest BCUT2D eigenvalue weighted by Crippen LogP contribution is 2.23. The van der Waals surface area contributed by atoms with Crippen LogP contribution < -0.4 is 0 Å². The molecule has 0 atom stereocenters. The van der Waals surface area contributed by atoms with E-state index in [0.717, 1.165) is 22.2 Å². The predicted octanol–water partition coefficient (Wildman–Crippen LogP) is 3.00. The zero-order valence-electron chi connectivity index (χ0n) is 10.3. The molecule has 0 saturated heterocycles. The summed E-state index contributed by atoms with van der Waals surface area (Å²) in [6.07, 6.45) is 4.35. The number of aromatic nitrogens is 2. The second-order valence-corrected chi connectivity index (χ2v) is 4.93. The summed E-state index contributed by atoms with van der Waals surface area (Å²) in [6, 6.07) is 3.98. The fraction of sp³-hybridized carbons (Fsp3) is 0.143. The molecule has 0 unspecified atom stereocenters. The average molecular weight is 272 g/mol. The quantitative estimate of drug-likeness (QED) is 0.746. The van der Waals surface area contributed by atoms with Gasteiger partial charge in [-0.15, -0.1) is 0 Å². The highest BCUT2D eigenvalue weighted by atomic mass is 32.1. The van der Waals surface area contributed by atoms with Crippen molar-refractivity contribution >= 4 is 28.3 Å². The van der Waals surface area contributed by atoms with Crippen LogP contribution in [0.25, 0.3) is 11.0 Å². The van der Waals surface area contributed by atoms with E-state index in [-0.39, 0.29) is 5.97 Å². The molecule has 0 aliphatic heterocycles. The SMILES string of the molecule is COC(=O)c1cscc1Cc1ccnc2[nH]ccc12. The minimum absolute atomic E-state index is 0.282. The molecule has 3 aromatic heterocycles. The predicted molar refractivity (Wildman–Crippen MR) is 74.6 cm³/mol. The summed E-state index contributed by atoms with van der Waals surface area (Å²) in [5.41, 5.74) is 3.65. The van der Waals surface area contributed by atoms with Crippen molar-refractivity contribution in [2.24, 2.45) is 0 Å². The van der Waals surface area contributed by atoms with Crippen LogP contribution in [-0.4, -0.2) is 23.0 Å². The number of esters is 1. The van der Waals surface area contributed by atoms with E-state index in [4.69, 9.17) is 4.74 Å². The molecule has 5 heteroatoms. The molecule has 1 N–H and O–H groups in total. The van der Waals surface area contributed by atoms with E-state index in [9.17, 15) is 4.79 Å². The molecule has 4 nitrogen and oxygen atoms in total. The summed E-state index contributed by atoms with van der Waals surface area (Å²) in [5, 5.41) is 4.91. The number of carbonyl (C=O) groups excluding carboxylic acids is 1. The van der Waals surface area contributed by atoms with Gasteiger partial charge in [-0.25, -0.2) is 9.78 Å². The Hall–Kier alpha value is -2.14. The lowest BCUT2D eigenvalue weighted by Crippen LogP contribution is -2.03. The number of thiophene rings is 1. The van der Waals surface area contributed by atoms with Crippen LogP contribution in [0.3, 0.4) is 0 Å². The standard InChI is InChI=1S/C14H12N2O2S/c1-18-14(17)12-8-19-7-10(12)6-9-2-4-15-13-11(9)3-5-16-13/h2-5,7-8H,6H2,1H3,(H,15,16). The van der Waals surface area contributed by atoms with Gasteiger partial charge in [-0.3, -0.25) is 0 Å². The van der Waals surface area contributed by atoms with Crippen LogP contribution in [0.2, 0.25) is 0 Å². The Morgan fingerprint density at radius 1 is 1.37 bits per heavy atom. The molecule has 0 saturated carbocycles. The van der Waals surface area contributed by atoms with Crippen LogP contribution in [0.4, 0.5) is 0 Å². The van der Waals surface area contributed by atoms with Crippen molar-refractivity contribution in [3.63, 3.8) is 0 Å². The molecule has 0 fully saturated rings. The Morgan fingerprint density at radius 2 is 2.26 bits per heavy atom. The number of hydrogen-bond acceptors (Lipinski definition) is 4. The van der Waals surface area contributed by atoms with Crippen LogP contribution in [-0.2, 0) is 11.2 Å². The van der Waals surface area contributed by atoms with Crippen LogP contribution in [0.5, 0.6) is 0 Å². The molecule has 96 valence electrons. The zero-order valence-corrected chi connectivity index (χ0v) is 11.2. The third-order valence-electron chi connectivity index (χ3n) is 3.08. The second kappa shape index (κ2) is 4.85. The van der Waals surface area contributed by atoms with Gasteiger partial charge in [0.2, 0.25) is 0 Å². The lowest BCUT2D eigenvalue weighted by Gasteiger charge is -2.04. The summed E-state index contributed by atoms with van der Waals surface area (Å²) >= 11 is 1.51. The normalized spacial score (nSPS) is 10.8. The van der Waals surface area contributed by atoms with E-state index in [2.05, 4.69) is 9.97 Å². The number of hydrogen-bond donors (Lipinski definition) is 1. The maximum Gasteiger partial charge on any atom is 0.338 e. The molecule has 3 aromatic rings. The number of nitrogens with one attached hydrogen (secondary N) is 1. The summed E-state index contributed by atoms with van der Waals surface area (Å²) in [5.74, 6) is -0.282. The van der Waals surface area contributed by atoms with Gasteiger partial charge in [0.1, 0.15) is 5.65 Å². The van der Waals surface area contributed by atoms with Gasteiger partial charge in [0, 0.05) is 23.2 Å². The molecule has 0 aliphatic rings. The number of nitrogens with zero attached hydrogens (tertiary/aromatic N) is 1. The summed E-state index contributed by atoms with van der Waals surface area (Å²) in [4.78, 5) is 19.0. The van der Waals surface area contributed by atoms with Crippen molar-refractivity contribution in [3.8, 4) is 0 Å². The number of rotatable bonds is 3. The minimum Gasteiger partial charge on any atom is -0.465 e. The van der Waals surface area contributed by atoms with E-state index in [1.54, 1.807) is 6.20 Å². The Labute approximate surface area is 114 Å². The van der Waals surface area contributed by atoms with Crippen molar-refractivity contribution in [1.29, 1.82) is 0 Å². The number of carbonyl (C=O) groups is 1. The van der Waals surface area contributed by atoms with Crippen LogP contribution in [0.15, 0.2) is 35.3 Å². The number of H-pyrrole nitrogens is 1. The number of ether oxygens (including phenoxy) is 1. The van der Waals surface area contributed by atoms with Crippen molar-refractivity contribution in [1.82, 2.24) is 9.97 Å². The topological polar surface area (TPSA) is 55.0 Å². The van der Waals surface area contributed by atoms with Crippen LogP contribution in [0, 0.1) is 0 Å². The van der Waals surface area contributed by atoms with Crippen LogP contribution in [0.1, 0.15) is 21.5 Å². The molecule has 0 amide bonds. The van der Waals surface area contributed by atoms with E-state index >= 15 is 0 Å². The van der Waals surface area contributed by atoms with Crippen molar-refractivity contribution in [2.75, 3.05) is 7.11 Å². The summed E-state index contributed by atoms with van der Waals surface area (Å²) < 4.78 is 4.79. The lowest BCUT2D eigenvalue weighted by molar-refractivity contribution is 0.0600. The highest BCUT2D eigenvalue weighted by molar-refractivity contribution is 7.08. The third-order valence-corrected chi connectivity index (χ3v) is 3.87. The number of pyridine rings is 1. The first-order chi connectivity index (χ1) is 9.29. The number of fused-ring (bicyclic) bond motifs is 1. The van der Waals surface area contributed by atoms with Crippen LogP contribution >= 0.6 is 11.3 Å². The highest BCUT2D eigenvalue weighted by Gasteiger charge is 2.14. The first-order valence-corrected chi connectivity index (χ1v) is 6.78. The van der Waals surface area contributed by atoms with Gasteiger partial charge in [-0.05, 0) is 35.1 Å². The number of methoxy groups -OCH3 is 1. The van der Waals surface area contributed by atoms with Gasteiger partial charge in [-0.1, -0.05) is 0 Å². The summed E-state index contributed by atoms with van der Waals surface area (Å²) in [7, 11) is 1.40. The van der Waals surface area contributed by atoms with Crippen molar-refractivity contribution < 1.29 is 9.53 Å². The maximum atomic E-state index is 11.7. The van der Waals surface area contributed by atoms with Gasteiger partial charge >= 0.3 is 5.97 Å². The molecule has 3 rings (SSSR count). The largest absolute Gasteiger partial charge is 0.465 e. The maximum absolute atomic E-state index is 11.7. The monoisotopic (exact) mass is 272 g/mol. The first-order valence-electron chi connectivity index (χ1n) is 5.84. The van der Waals surface area contributed by atoms with E-state index in [1.165, 1.54) is 18.4 Å². The van der Waals surface area contributed by atoms with Gasteiger partial charge in [0.15, 0.2) is 0 Å².